The third-order valence-electron chi connectivity index (χ3n) is 3.58. The van der Waals surface area contributed by atoms with Crippen molar-refractivity contribution in [2.45, 2.75) is 59.0 Å². The fourth-order valence-electron chi connectivity index (χ4n) is 2.54. The Hall–Kier alpha value is -1.84. The molecule has 1 aliphatic carbocycles. The molecule has 0 saturated carbocycles. The molecule has 1 aromatic rings. The van der Waals surface area contributed by atoms with Crippen LogP contribution in [0, 0.1) is 0 Å². The molecule has 1 aliphatic rings. The van der Waals surface area contributed by atoms with Crippen molar-refractivity contribution in [3.8, 4) is 0 Å². The molecule has 4 nitrogen and oxygen atoms in total. The molecule has 0 N–H and O–H groups in total. The summed E-state index contributed by atoms with van der Waals surface area (Å²) >= 11 is 0. The van der Waals surface area contributed by atoms with Crippen molar-refractivity contribution in [3.63, 3.8) is 0 Å². The van der Waals surface area contributed by atoms with Crippen LogP contribution in [0.15, 0.2) is 23.4 Å². The second-order valence-corrected chi connectivity index (χ2v) is 5.59. The lowest BCUT2D eigenvalue weighted by Crippen LogP contribution is -2.12. The standard InChI is InChI=1S/C17H23NO3/c1-4-16(18-21-17(19)20-12(2)3)15-10-9-13-7-5-6-8-14(13)11-15/h9-12H,4-8H2,1-3H3/b18-16+. The smallest absolute Gasteiger partial charge is 0.430 e. The van der Waals surface area contributed by atoms with Crippen molar-refractivity contribution in [1.29, 1.82) is 0 Å². The van der Waals surface area contributed by atoms with Gasteiger partial charge in [0.15, 0.2) is 0 Å². The van der Waals surface area contributed by atoms with Crippen LogP contribution in [0.3, 0.4) is 0 Å². The minimum absolute atomic E-state index is 0.207. The second-order valence-electron chi connectivity index (χ2n) is 5.59. The number of fused-ring (bicyclic) bond motifs is 1. The molecule has 0 amide bonds. The highest BCUT2D eigenvalue weighted by atomic mass is 16.8. The van der Waals surface area contributed by atoms with Gasteiger partial charge in [-0.15, -0.1) is 0 Å². The van der Waals surface area contributed by atoms with E-state index in [4.69, 9.17) is 9.57 Å². The summed E-state index contributed by atoms with van der Waals surface area (Å²) in [6.45, 7) is 5.54. The molecule has 0 spiro atoms. The lowest BCUT2D eigenvalue weighted by molar-refractivity contribution is 0.0362. The van der Waals surface area contributed by atoms with Crippen molar-refractivity contribution >= 4 is 11.9 Å². The summed E-state index contributed by atoms with van der Waals surface area (Å²) in [6.07, 6.45) is 4.53. The first kappa shape index (κ1) is 15.5. The Labute approximate surface area is 126 Å². The third kappa shape index (κ3) is 4.31. The van der Waals surface area contributed by atoms with Gasteiger partial charge in [-0.2, -0.15) is 0 Å². The zero-order valence-corrected chi connectivity index (χ0v) is 13.0. The molecular weight excluding hydrogens is 266 g/mol. The van der Waals surface area contributed by atoms with E-state index in [-0.39, 0.29) is 6.10 Å². The van der Waals surface area contributed by atoms with Gasteiger partial charge in [0.25, 0.3) is 0 Å². The van der Waals surface area contributed by atoms with Crippen molar-refractivity contribution < 1.29 is 14.4 Å². The Morgan fingerprint density at radius 2 is 1.95 bits per heavy atom. The molecule has 114 valence electrons. The van der Waals surface area contributed by atoms with Crippen molar-refractivity contribution in [1.82, 2.24) is 0 Å². The summed E-state index contributed by atoms with van der Waals surface area (Å²) in [6, 6.07) is 6.40. The Balaban J connectivity index is 2.11. The van der Waals surface area contributed by atoms with Gasteiger partial charge in [0.2, 0.25) is 0 Å². The number of hydrogen-bond donors (Lipinski definition) is 0. The number of oxime groups is 1. The van der Waals surface area contributed by atoms with Crippen molar-refractivity contribution in [2.75, 3.05) is 0 Å². The lowest BCUT2D eigenvalue weighted by Gasteiger charge is -2.16. The lowest BCUT2D eigenvalue weighted by atomic mass is 9.89. The van der Waals surface area contributed by atoms with E-state index in [1.165, 1.54) is 24.0 Å². The number of nitrogens with zero attached hydrogens (tertiary/aromatic N) is 1. The van der Waals surface area contributed by atoms with Crippen LogP contribution in [-0.2, 0) is 22.4 Å². The first-order chi connectivity index (χ1) is 10.1. The van der Waals surface area contributed by atoms with Gasteiger partial charge in [-0.3, -0.25) is 4.84 Å². The van der Waals surface area contributed by atoms with E-state index in [9.17, 15) is 4.79 Å². The van der Waals surface area contributed by atoms with Crippen LogP contribution < -0.4 is 0 Å². The summed E-state index contributed by atoms with van der Waals surface area (Å²) in [7, 11) is 0. The maximum Gasteiger partial charge on any atom is 0.535 e. The van der Waals surface area contributed by atoms with Crippen molar-refractivity contribution in [2.24, 2.45) is 5.16 Å². The van der Waals surface area contributed by atoms with Crippen LogP contribution in [0.5, 0.6) is 0 Å². The SMILES string of the molecule is CC/C(=N\OC(=O)OC(C)C)c1ccc2c(c1)CCCC2. The van der Waals surface area contributed by atoms with Crippen LogP contribution in [0.2, 0.25) is 0 Å². The predicted octanol–water partition coefficient (Wildman–Crippen LogP) is 4.24. The van der Waals surface area contributed by atoms with Crippen molar-refractivity contribution in [3.05, 3.63) is 34.9 Å². The molecule has 0 heterocycles. The molecule has 0 bridgehead atoms. The monoisotopic (exact) mass is 289 g/mol. The fourth-order valence-corrected chi connectivity index (χ4v) is 2.54. The molecular formula is C17H23NO3. The maximum absolute atomic E-state index is 11.4. The van der Waals surface area contributed by atoms with E-state index < -0.39 is 6.16 Å². The number of carbonyl (C=O) groups excluding carboxylic acids is 1. The van der Waals surface area contributed by atoms with Crippen LogP contribution in [0.25, 0.3) is 0 Å². The number of carbonyl (C=O) groups is 1. The number of aryl methyl sites for hydroxylation is 2. The highest BCUT2D eigenvalue weighted by Crippen LogP contribution is 2.23. The highest BCUT2D eigenvalue weighted by Gasteiger charge is 2.12. The average molecular weight is 289 g/mol. The van der Waals surface area contributed by atoms with Crippen LogP contribution in [0.1, 0.15) is 56.7 Å². The Morgan fingerprint density at radius 1 is 1.24 bits per heavy atom. The molecule has 0 radical (unpaired) electrons. The van der Waals surface area contributed by atoms with Crippen LogP contribution >= 0.6 is 0 Å². The minimum Gasteiger partial charge on any atom is -0.430 e. The molecule has 0 aromatic heterocycles. The van der Waals surface area contributed by atoms with E-state index >= 15 is 0 Å². The quantitative estimate of drug-likeness (QED) is 0.360. The van der Waals surface area contributed by atoms with Gasteiger partial charge in [0, 0.05) is 0 Å². The van der Waals surface area contributed by atoms with E-state index in [0.29, 0.717) is 6.42 Å². The van der Waals surface area contributed by atoms with Gasteiger partial charge in [-0.05, 0) is 68.7 Å². The minimum atomic E-state index is -0.756. The predicted molar refractivity (Wildman–Crippen MR) is 82.6 cm³/mol. The van der Waals surface area contributed by atoms with Gasteiger partial charge in [0.05, 0.1) is 11.8 Å². The zero-order valence-electron chi connectivity index (χ0n) is 13.0. The summed E-state index contributed by atoms with van der Waals surface area (Å²) in [5.41, 5.74) is 4.62. The fraction of sp³-hybridized carbons (Fsp3) is 0.529. The van der Waals surface area contributed by atoms with Crippen LogP contribution in [0.4, 0.5) is 4.79 Å². The molecule has 21 heavy (non-hydrogen) atoms. The normalized spacial score (nSPS) is 14.8. The van der Waals surface area contributed by atoms with E-state index in [1.54, 1.807) is 13.8 Å². The number of rotatable bonds is 4. The second kappa shape index (κ2) is 7.25. The molecule has 2 rings (SSSR count). The summed E-state index contributed by atoms with van der Waals surface area (Å²) in [5.74, 6) is 0. The Bertz CT molecular complexity index is 535. The van der Waals surface area contributed by atoms with Gasteiger partial charge >= 0.3 is 6.16 Å². The van der Waals surface area contributed by atoms with Gasteiger partial charge in [-0.25, -0.2) is 4.79 Å². The molecule has 0 atom stereocenters. The first-order valence-electron chi connectivity index (χ1n) is 7.66. The molecule has 1 aromatic carbocycles. The number of benzene rings is 1. The van der Waals surface area contributed by atoms with E-state index in [0.717, 1.165) is 24.1 Å². The van der Waals surface area contributed by atoms with Gasteiger partial charge in [0.1, 0.15) is 0 Å². The largest absolute Gasteiger partial charge is 0.535 e. The number of hydrogen-bond acceptors (Lipinski definition) is 4. The van der Waals surface area contributed by atoms with Crippen LogP contribution in [-0.4, -0.2) is 18.0 Å². The number of ether oxygens (including phenoxy) is 1. The zero-order chi connectivity index (χ0) is 15.2. The molecule has 4 heteroatoms. The molecule has 0 saturated heterocycles. The summed E-state index contributed by atoms with van der Waals surface area (Å²) in [5, 5.41) is 3.96. The van der Waals surface area contributed by atoms with E-state index in [2.05, 4.69) is 23.4 Å². The molecule has 0 fully saturated rings. The topological polar surface area (TPSA) is 47.9 Å². The summed E-state index contributed by atoms with van der Waals surface area (Å²) < 4.78 is 4.90. The summed E-state index contributed by atoms with van der Waals surface area (Å²) in [4.78, 5) is 16.2. The van der Waals surface area contributed by atoms with Gasteiger partial charge < -0.3 is 4.74 Å². The maximum atomic E-state index is 11.4. The third-order valence-corrected chi connectivity index (χ3v) is 3.58. The highest BCUT2D eigenvalue weighted by molar-refractivity contribution is 6.00. The van der Waals surface area contributed by atoms with E-state index in [1.807, 2.05) is 6.92 Å². The molecule has 0 aliphatic heterocycles. The Kier molecular flexibility index (Phi) is 5.37. The molecule has 0 unspecified atom stereocenters. The average Bonchev–Trinajstić information content (AvgIpc) is 2.47. The first-order valence-corrected chi connectivity index (χ1v) is 7.66. The Morgan fingerprint density at radius 3 is 2.62 bits per heavy atom. The van der Waals surface area contributed by atoms with Gasteiger partial charge in [-0.1, -0.05) is 24.2 Å².